The number of amides is 2. The molecule has 0 aromatic heterocycles. The van der Waals surface area contributed by atoms with E-state index < -0.39 is 52.1 Å². The highest BCUT2D eigenvalue weighted by molar-refractivity contribution is 5.99. The number of hydrogen-bond acceptors (Lipinski definition) is 10. The van der Waals surface area contributed by atoms with Crippen LogP contribution in [0.3, 0.4) is 0 Å². The lowest BCUT2D eigenvalue weighted by Crippen LogP contribution is -2.56. The second-order valence-electron chi connectivity index (χ2n) is 9.29. The fourth-order valence-corrected chi connectivity index (χ4v) is 3.53. The van der Waals surface area contributed by atoms with Crippen molar-refractivity contribution in [3.8, 4) is 11.5 Å². The fourth-order valence-electron chi connectivity index (χ4n) is 3.53. The number of nitrogens with two attached hydrogens (primary N) is 1. The maximum absolute atomic E-state index is 13.7. The zero-order valence-corrected chi connectivity index (χ0v) is 21.6. The molecular formula is C25H30FN3O9. The Balaban J connectivity index is 2.48. The first kappa shape index (κ1) is 30.0. The van der Waals surface area contributed by atoms with Crippen LogP contribution in [0.1, 0.15) is 31.9 Å². The van der Waals surface area contributed by atoms with Crippen molar-refractivity contribution in [1.29, 1.82) is 0 Å². The number of imide groups is 1. The summed E-state index contributed by atoms with van der Waals surface area (Å²) in [4.78, 5) is 50.2. The van der Waals surface area contributed by atoms with E-state index >= 15 is 0 Å². The van der Waals surface area contributed by atoms with Gasteiger partial charge in [0.2, 0.25) is 11.7 Å². The zero-order chi connectivity index (χ0) is 28.8. The van der Waals surface area contributed by atoms with Gasteiger partial charge in [-0.3, -0.25) is 14.9 Å². The van der Waals surface area contributed by atoms with Crippen LogP contribution in [-0.4, -0.2) is 64.8 Å². The molecule has 13 heteroatoms. The van der Waals surface area contributed by atoms with Gasteiger partial charge in [-0.05, 0) is 56.5 Å². The average molecular weight is 536 g/mol. The third-order valence-electron chi connectivity index (χ3n) is 5.26. The highest BCUT2D eigenvalue weighted by atomic mass is 19.1. The average Bonchev–Trinajstić information content (AvgIpc) is 2.82. The summed E-state index contributed by atoms with van der Waals surface area (Å²) in [6.07, 6.45) is -1.78. The number of phenolic OH excluding ortho intramolecular Hbond substituents is 1. The van der Waals surface area contributed by atoms with Crippen LogP contribution in [0.2, 0.25) is 0 Å². The van der Waals surface area contributed by atoms with E-state index in [0.717, 1.165) is 19.2 Å². The number of carbonyl (C=O) groups is 3. The predicted octanol–water partition coefficient (Wildman–Crippen LogP) is 2.87. The third kappa shape index (κ3) is 7.62. The summed E-state index contributed by atoms with van der Waals surface area (Å²) in [7, 11) is 2.42. The van der Waals surface area contributed by atoms with Gasteiger partial charge < -0.3 is 25.1 Å². The molecule has 0 saturated heterocycles. The van der Waals surface area contributed by atoms with Gasteiger partial charge >= 0.3 is 17.7 Å². The number of carbonyl (C=O) groups excluding carboxylic acids is 3. The first-order chi connectivity index (χ1) is 17.7. The zero-order valence-electron chi connectivity index (χ0n) is 21.6. The van der Waals surface area contributed by atoms with Crippen LogP contribution in [0.4, 0.5) is 14.9 Å². The number of hydrogen-bond donors (Lipinski definition) is 2. The molecule has 0 fully saturated rings. The van der Waals surface area contributed by atoms with Gasteiger partial charge in [0.25, 0.3) is 0 Å². The first-order valence-electron chi connectivity index (χ1n) is 11.4. The molecule has 2 aromatic rings. The van der Waals surface area contributed by atoms with Gasteiger partial charge in [0, 0.05) is 12.5 Å². The minimum atomic E-state index is -1.55. The maximum atomic E-state index is 13.7. The maximum Gasteiger partial charge on any atom is 0.417 e. The summed E-state index contributed by atoms with van der Waals surface area (Å²) in [5, 5.41) is 21.2. The molecule has 206 valence electrons. The lowest BCUT2D eigenvalue weighted by molar-refractivity contribution is -0.387. The van der Waals surface area contributed by atoms with Crippen molar-refractivity contribution in [2.75, 3.05) is 14.2 Å². The summed E-state index contributed by atoms with van der Waals surface area (Å²) >= 11 is 0. The van der Waals surface area contributed by atoms with Crippen LogP contribution in [0.25, 0.3) is 0 Å². The molecule has 2 atom stereocenters. The Kier molecular flexibility index (Phi) is 9.72. The van der Waals surface area contributed by atoms with E-state index in [2.05, 4.69) is 0 Å². The van der Waals surface area contributed by atoms with Crippen molar-refractivity contribution in [3.63, 3.8) is 0 Å². The normalized spacial score (nSPS) is 12.7. The molecule has 0 unspecified atom stereocenters. The largest absolute Gasteiger partial charge is 0.504 e. The summed E-state index contributed by atoms with van der Waals surface area (Å²) in [5.74, 6) is -3.15. The number of nitro groups is 1. The Morgan fingerprint density at radius 2 is 1.71 bits per heavy atom. The number of benzene rings is 2. The lowest BCUT2D eigenvalue weighted by Gasteiger charge is -2.32. The van der Waals surface area contributed by atoms with Crippen LogP contribution in [0.15, 0.2) is 36.4 Å². The van der Waals surface area contributed by atoms with E-state index in [9.17, 15) is 34.0 Å². The molecule has 2 rings (SSSR count). The number of nitrogens with zero attached hydrogens (tertiary/aromatic N) is 2. The van der Waals surface area contributed by atoms with Gasteiger partial charge in [0.05, 0.1) is 25.2 Å². The van der Waals surface area contributed by atoms with Crippen molar-refractivity contribution < 1.29 is 43.0 Å². The minimum Gasteiger partial charge on any atom is -0.504 e. The van der Waals surface area contributed by atoms with Gasteiger partial charge in [-0.15, -0.1) is 0 Å². The first-order valence-corrected chi connectivity index (χ1v) is 11.4. The number of aromatic hydroxyl groups is 1. The Morgan fingerprint density at radius 1 is 1.11 bits per heavy atom. The fraction of sp³-hybridized carbons (Fsp3) is 0.400. The second kappa shape index (κ2) is 12.3. The van der Waals surface area contributed by atoms with E-state index in [-0.39, 0.29) is 29.9 Å². The van der Waals surface area contributed by atoms with Crippen LogP contribution >= 0.6 is 0 Å². The Bertz CT molecular complexity index is 1210. The summed E-state index contributed by atoms with van der Waals surface area (Å²) in [6, 6.07) is 4.22. The van der Waals surface area contributed by atoms with Gasteiger partial charge in [-0.2, -0.15) is 4.39 Å². The number of methoxy groups -OCH3 is 2. The number of nitro benzene ring substituents is 1. The summed E-state index contributed by atoms with van der Waals surface area (Å²) in [6.45, 7) is 4.67. The quantitative estimate of drug-likeness (QED) is 0.276. The number of esters is 1. The molecule has 0 heterocycles. The van der Waals surface area contributed by atoms with Crippen LogP contribution < -0.4 is 10.5 Å². The van der Waals surface area contributed by atoms with Crippen molar-refractivity contribution in [1.82, 2.24) is 4.90 Å². The molecule has 0 aliphatic rings. The summed E-state index contributed by atoms with van der Waals surface area (Å²) in [5.41, 5.74) is 4.71. The van der Waals surface area contributed by atoms with E-state index in [4.69, 9.17) is 19.9 Å². The van der Waals surface area contributed by atoms with Crippen LogP contribution in [0.5, 0.6) is 11.5 Å². The van der Waals surface area contributed by atoms with E-state index in [1.807, 2.05) is 0 Å². The van der Waals surface area contributed by atoms with Crippen molar-refractivity contribution in [3.05, 3.63) is 63.5 Å². The molecule has 0 saturated carbocycles. The number of phenols is 1. The Morgan fingerprint density at radius 3 is 2.24 bits per heavy atom. The molecular weight excluding hydrogens is 505 g/mol. The molecule has 0 bridgehead atoms. The molecule has 0 aliphatic carbocycles. The molecule has 0 aliphatic heterocycles. The second-order valence-corrected chi connectivity index (χ2v) is 9.29. The predicted molar refractivity (Wildman–Crippen MR) is 132 cm³/mol. The van der Waals surface area contributed by atoms with Crippen molar-refractivity contribution in [2.45, 2.75) is 51.3 Å². The van der Waals surface area contributed by atoms with Gasteiger partial charge in [-0.25, -0.2) is 14.5 Å². The number of rotatable bonds is 9. The lowest BCUT2D eigenvalue weighted by atomic mass is 10.0. The minimum absolute atomic E-state index is 0.151. The topological polar surface area (TPSA) is 172 Å². The number of ether oxygens (including phenoxy) is 3. The van der Waals surface area contributed by atoms with Crippen molar-refractivity contribution in [2.24, 2.45) is 5.73 Å². The SMILES string of the molecule is COC(=O)[C@H](Cc1ccc(OC)c(O)c1)N(C(=O)OC(C)(C)C)C(=O)[C@@H](N)Cc1ccc(F)c([N+](=O)[O-])c1. The standard InChI is InChI=1S/C25H30FN3O9/c1-25(2,3)38-24(33)28(19(23(32)37-5)12-15-7-9-21(36-4)20(30)13-15)22(31)17(27)10-14-6-8-16(26)18(11-14)29(34)35/h6-9,11,13,17,19,30H,10,12,27H2,1-5H3/t17-,19-/m0/s1. The molecule has 0 spiro atoms. The molecule has 2 amide bonds. The number of halogens is 1. The molecule has 3 N–H and O–H groups in total. The van der Waals surface area contributed by atoms with Gasteiger partial charge in [0.15, 0.2) is 11.5 Å². The van der Waals surface area contributed by atoms with Crippen LogP contribution in [-0.2, 0) is 31.9 Å². The Labute approximate surface area is 218 Å². The third-order valence-corrected chi connectivity index (χ3v) is 5.26. The van der Waals surface area contributed by atoms with E-state index in [1.165, 1.54) is 31.4 Å². The highest BCUT2D eigenvalue weighted by Crippen LogP contribution is 2.28. The Hall–Kier alpha value is -4.26. The summed E-state index contributed by atoms with van der Waals surface area (Å²) < 4.78 is 28.9. The monoisotopic (exact) mass is 535 g/mol. The molecule has 2 aromatic carbocycles. The van der Waals surface area contributed by atoms with Gasteiger partial charge in [-0.1, -0.05) is 12.1 Å². The smallest absolute Gasteiger partial charge is 0.417 e. The van der Waals surface area contributed by atoms with Gasteiger partial charge in [0.1, 0.15) is 11.6 Å². The van der Waals surface area contributed by atoms with Crippen LogP contribution in [0, 0.1) is 15.9 Å². The highest BCUT2D eigenvalue weighted by Gasteiger charge is 2.40. The molecule has 0 radical (unpaired) electrons. The van der Waals surface area contributed by atoms with E-state index in [0.29, 0.717) is 10.5 Å². The van der Waals surface area contributed by atoms with E-state index in [1.54, 1.807) is 20.8 Å². The molecule has 12 nitrogen and oxygen atoms in total. The van der Waals surface area contributed by atoms with Crippen molar-refractivity contribution >= 4 is 23.7 Å². The molecule has 38 heavy (non-hydrogen) atoms.